The predicted octanol–water partition coefficient (Wildman–Crippen LogP) is 2.59. The Kier molecular flexibility index (Phi) is 2.47. The van der Waals surface area contributed by atoms with Crippen molar-refractivity contribution in [1.29, 1.82) is 0 Å². The van der Waals surface area contributed by atoms with E-state index in [1.165, 1.54) is 6.07 Å². The summed E-state index contributed by atoms with van der Waals surface area (Å²) >= 11 is 0. The zero-order chi connectivity index (χ0) is 15.3. The van der Waals surface area contributed by atoms with Gasteiger partial charge in [-0.1, -0.05) is 0 Å². The number of benzene rings is 1. The van der Waals surface area contributed by atoms with Crippen molar-refractivity contribution in [3.8, 4) is 17.2 Å². The third kappa shape index (κ3) is 1.74. The molecule has 0 spiro atoms. The van der Waals surface area contributed by atoms with Crippen molar-refractivity contribution in [1.82, 2.24) is 9.97 Å². The van der Waals surface area contributed by atoms with E-state index in [1.54, 1.807) is 24.5 Å². The molecule has 3 heterocycles. The normalized spacial score (nSPS) is 15.3. The van der Waals surface area contributed by atoms with Gasteiger partial charge in [-0.05, 0) is 18.2 Å². The second-order valence-corrected chi connectivity index (χ2v) is 4.92. The molecule has 0 atom stereocenters. The molecule has 3 aromatic rings. The highest BCUT2D eigenvalue weighted by Gasteiger charge is 2.31. The molecule has 0 bridgehead atoms. The van der Waals surface area contributed by atoms with Gasteiger partial charge in [-0.25, -0.2) is 4.98 Å². The minimum atomic E-state index is -0.425. The number of carbonyl (C=O) groups excluding carboxylic acids is 1. The monoisotopic (exact) mass is 294 g/mol. The van der Waals surface area contributed by atoms with E-state index in [-0.39, 0.29) is 28.6 Å². The van der Waals surface area contributed by atoms with Crippen LogP contribution in [-0.2, 0) is 0 Å². The number of phenolic OH excluding ortho intramolecular Hbond substituents is 2. The number of allylic oxidation sites excluding steroid dienone is 1. The number of aromatic amines is 1. The lowest BCUT2D eigenvalue weighted by atomic mass is 10.1. The Balaban J connectivity index is 1.82. The van der Waals surface area contributed by atoms with Crippen LogP contribution in [0.3, 0.4) is 0 Å². The molecule has 2 aromatic heterocycles. The molecular formula is C16H10N2O4. The summed E-state index contributed by atoms with van der Waals surface area (Å²) in [7, 11) is 0. The number of rotatable bonds is 1. The van der Waals surface area contributed by atoms with Crippen LogP contribution in [0, 0.1) is 0 Å². The van der Waals surface area contributed by atoms with Crippen molar-refractivity contribution in [2.24, 2.45) is 0 Å². The minimum absolute atomic E-state index is 0.0574. The number of carbonyl (C=O) groups is 1. The van der Waals surface area contributed by atoms with Crippen molar-refractivity contribution >= 4 is 22.9 Å². The van der Waals surface area contributed by atoms with Crippen LogP contribution in [0.5, 0.6) is 17.2 Å². The van der Waals surface area contributed by atoms with Crippen molar-refractivity contribution in [3.05, 3.63) is 53.5 Å². The van der Waals surface area contributed by atoms with Crippen LogP contribution >= 0.6 is 0 Å². The van der Waals surface area contributed by atoms with E-state index in [2.05, 4.69) is 9.97 Å². The number of nitrogens with one attached hydrogen (secondary N) is 1. The zero-order valence-corrected chi connectivity index (χ0v) is 11.2. The first kappa shape index (κ1) is 12.5. The maximum Gasteiger partial charge on any atom is 0.235 e. The van der Waals surface area contributed by atoms with Crippen LogP contribution in [0.2, 0.25) is 0 Å². The molecular weight excluding hydrogens is 284 g/mol. The Hall–Kier alpha value is -3.28. The predicted molar refractivity (Wildman–Crippen MR) is 78.8 cm³/mol. The molecule has 22 heavy (non-hydrogen) atoms. The molecule has 4 rings (SSSR count). The first-order chi connectivity index (χ1) is 10.6. The van der Waals surface area contributed by atoms with Crippen LogP contribution < -0.4 is 4.74 Å². The van der Waals surface area contributed by atoms with E-state index in [0.717, 1.165) is 17.0 Å². The molecule has 1 aromatic carbocycles. The SMILES string of the molecule is O=C1/C(=C/c2c[nH]c3ncccc23)Oc2cc(O)cc(O)c21. The number of Topliss-reactive ketones (excluding diaryl/α,β-unsaturated/α-hetero) is 1. The standard InChI is InChI=1S/C16H10N2O4/c19-9-5-11(20)14-12(6-9)22-13(15(14)21)4-8-7-18-16-10(8)2-1-3-17-16/h1-7,19-20H,(H,17,18)/b13-4-. The van der Waals surface area contributed by atoms with Gasteiger partial charge in [0, 0.05) is 35.5 Å². The summed E-state index contributed by atoms with van der Waals surface area (Å²) in [5.41, 5.74) is 1.52. The molecule has 0 amide bonds. The zero-order valence-electron chi connectivity index (χ0n) is 11.2. The maximum absolute atomic E-state index is 12.3. The minimum Gasteiger partial charge on any atom is -0.508 e. The Bertz CT molecular complexity index is 956. The average Bonchev–Trinajstić information content (AvgIpc) is 3.02. The highest BCUT2D eigenvalue weighted by atomic mass is 16.5. The van der Waals surface area contributed by atoms with Gasteiger partial charge in [0.05, 0.1) is 0 Å². The van der Waals surface area contributed by atoms with Crippen LogP contribution in [0.25, 0.3) is 17.1 Å². The summed E-state index contributed by atoms with van der Waals surface area (Å²) in [6.07, 6.45) is 4.98. The Morgan fingerprint density at radius 1 is 1.27 bits per heavy atom. The molecule has 6 nitrogen and oxygen atoms in total. The molecule has 0 unspecified atom stereocenters. The van der Waals surface area contributed by atoms with Crippen molar-refractivity contribution in [3.63, 3.8) is 0 Å². The number of aromatic nitrogens is 2. The van der Waals surface area contributed by atoms with E-state index in [9.17, 15) is 15.0 Å². The quantitative estimate of drug-likeness (QED) is 0.599. The molecule has 0 saturated carbocycles. The first-order valence-corrected chi connectivity index (χ1v) is 6.56. The summed E-state index contributed by atoms with van der Waals surface area (Å²) < 4.78 is 5.46. The largest absolute Gasteiger partial charge is 0.508 e. The van der Waals surface area contributed by atoms with Gasteiger partial charge in [0.15, 0.2) is 5.76 Å². The molecule has 1 aliphatic heterocycles. The fourth-order valence-corrected chi connectivity index (χ4v) is 2.52. The number of H-pyrrole nitrogens is 1. The van der Waals surface area contributed by atoms with Crippen LogP contribution in [-0.4, -0.2) is 26.0 Å². The van der Waals surface area contributed by atoms with Crippen molar-refractivity contribution in [2.75, 3.05) is 0 Å². The fourth-order valence-electron chi connectivity index (χ4n) is 2.52. The van der Waals surface area contributed by atoms with E-state index in [0.29, 0.717) is 5.65 Å². The van der Waals surface area contributed by atoms with Gasteiger partial charge in [-0.3, -0.25) is 4.79 Å². The number of hydrogen-bond donors (Lipinski definition) is 3. The van der Waals surface area contributed by atoms with Crippen molar-refractivity contribution in [2.45, 2.75) is 0 Å². The Labute approximate surface area is 124 Å². The summed E-state index contributed by atoms with van der Waals surface area (Å²) in [6.45, 7) is 0. The van der Waals surface area contributed by atoms with Gasteiger partial charge in [0.1, 0.15) is 28.5 Å². The van der Waals surface area contributed by atoms with Gasteiger partial charge in [0.25, 0.3) is 0 Å². The van der Waals surface area contributed by atoms with Gasteiger partial charge >= 0.3 is 0 Å². The van der Waals surface area contributed by atoms with E-state index in [4.69, 9.17) is 4.74 Å². The number of nitrogens with zero attached hydrogens (tertiary/aromatic N) is 1. The maximum atomic E-state index is 12.3. The fraction of sp³-hybridized carbons (Fsp3) is 0. The lowest BCUT2D eigenvalue weighted by Gasteiger charge is -1.99. The van der Waals surface area contributed by atoms with Crippen molar-refractivity contribution < 1.29 is 19.7 Å². The van der Waals surface area contributed by atoms with E-state index < -0.39 is 5.78 Å². The molecule has 1 aliphatic rings. The second kappa shape index (κ2) is 4.36. The molecule has 108 valence electrons. The summed E-state index contributed by atoms with van der Waals surface area (Å²) in [6, 6.07) is 6.08. The number of hydrogen-bond acceptors (Lipinski definition) is 5. The first-order valence-electron chi connectivity index (χ1n) is 6.56. The summed E-state index contributed by atoms with van der Waals surface area (Å²) in [5, 5.41) is 20.1. The van der Waals surface area contributed by atoms with Crippen LogP contribution in [0.15, 0.2) is 42.4 Å². The van der Waals surface area contributed by atoms with Gasteiger partial charge in [-0.15, -0.1) is 0 Å². The van der Waals surface area contributed by atoms with Gasteiger partial charge in [-0.2, -0.15) is 0 Å². The average molecular weight is 294 g/mol. The molecule has 0 aliphatic carbocycles. The Morgan fingerprint density at radius 3 is 3.00 bits per heavy atom. The molecule has 0 radical (unpaired) electrons. The smallest absolute Gasteiger partial charge is 0.235 e. The molecule has 6 heteroatoms. The molecule has 3 N–H and O–H groups in total. The van der Waals surface area contributed by atoms with Crippen LogP contribution in [0.1, 0.15) is 15.9 Å². The number of phenols is 2. The third-order valence-corrected chi connectivity index (χ3v) is 3.51. The summed E-state index contributed by atoms with van der Waals surface area (Å²) in [4.78, 5) is 19.5. The summed E-state index contributed by atoms with van der Waals surface area (Å²) in [5.74, 6) is -0.663. The Morgan fingerprint density at radius 2 is 2.14 bits per heavy atom. The highest BCUT2D eigenvalue weighted by molar-refractivity contribution is 6.16. The lowest BCUT2D eigenvalue weighted by Crippen LogP contribution is -1.98. The number of aromatic hydroxyl groups is 2. The van der Waals surface area contributed by atoms with Gasteiger partial charge in [0.2, 0.25) is 5.78 Å². The number of ether oxygens (including phenoxy) is 1. The van der Waals surface area contributed by atoms with Gasteiger partial charge < -0.3 is 19.9 Å². The molecule has 0 fully saturated rings. The second-order valence-electron chi connectivity index (χ2n) is 4.92. The lowest BCUT2D eigenvalue weighted by molar-refractivity contribution is 0.101. The van der Waals surface area contributed by atoms with E-state index in [1.807, 2.05) is 6.07 Å². The number of fused-ring (bicyclic) bond motifs is 2. The van der Waals surface area contributed by atoms with E-state index >= 15 is 0 Å². The highest BCUT2D eigenvalue weighted by Crippen LogP contribution is 2.40. The topological polar surface area (TPSA) is 95.4 Å². The molecule has 0 saturated heterocycles. The number of pyridine rings is 1. The van der Waals surface area contributed by atoms with Crippen LogP contribution in [0.4, 0.5) is 0 Å². The third-order valence-electron chi connectivity index (χ3n) is 3.51. The number of ketones is 1.